The summed E-state index contributed by atoms with van der Waals surface area (Å²) in [5.74, 6) is -0.460. The average Bonchev–Trinajstić information content (AvgIpc) is 2.76. The van der Waals surface area contributed by atoms with Gasteiger partial charge in [0.15, 0.2) is 0 Å². The third kappa shape index (κ3) is 4.72. The lowest BCUT2D eigenvalue weighted by Gasteiger charge is -2.06. The smallest absolute Gasteiger partial charge is 0.319 e. The molecule has 0 radical (unpaired) electrons. The van der Waals surface area contributed by atoms with Gasteiger partial charge in [-0.15, -0.1) is 0 Å². The molecule has 0 fully saturated rings. The molecular formula is C12H18F2N4O4. The summed E-state index contributed by atoms with van der Waals surface area (Å²) in [6.07, 6.45) is -2.46. The molecule has 1 heterocycles. The van der Waals surface area contributed by atoms with Crippen molar-refractivity contribution in [1.29, 1.82) is 0 Å². The summed E-state index contributed by atoms with van der Waals surface area (Å²) < 4.78 is 31.5. The number of aromatic nitrogens is 2. The van der Waals surface area contributed by atoms with E-state index in [1.165, 1.54) is 6.92 Å². The van der Waals surface area contributed by atoms with E-state index in [4.69, 9.17) is 4.74 Å². The van der Waals surface area contributed by atoms with E-state index in [0.717, 1.165) is 4.68 Å². The number of nitro groups is 1. The predicted octanol–water partition coefficient (Wildman–Crippen LogP) is 1.58. The van der Waals surface area contributed by atoms with E-state index in [-0.39, 0.29) is 12.2 Å². The molecular weight excluding hydrogens is 302 g/mol. The van der Waals surface area contributed by atoms with Gasteiger partial charge in [-0.25, -0.2) is 8.78 Å². The van der Waals surface area contributed by atoms with Crippen LogP contribution in [0.4, 0.5) is 14.5 Å². The maximum Gasteiger partial charge on any atom is 0.319 e. The van der Waals surface area contributed by atoms with Gasteiger partial charge in [0, 0.05) is 19.8 Å². The molecule has 124 valence electrons. The Morgan fingerprint density at radius 1 is 1.55 bits per heavy atom. The van der Waals surface area contributed by atoms with E-state index >= 15 is 0 Å². The van der Waals surface area contributed by atoms with Crippen LogP contribution in [-0.2, 0) is 16.1 Å². The average molecular weight is 320 g/mol. The molecule has 22 heavy (non-hydrogen) atoms. The molecule has 1 rings (SSSR count). The highest BCUT2D eigenvalue weighted by molar-refractivity contribution is 5.75. The Labute approximate surface area is 125 Å². The quantitative estimate of drug-likeness (QED) is 0.423. The fraction of sp³-hybridized carbons (Fsp3) is 0.667. The Morgan fingerprint density at radius 3 is 2.73 bits per heavy atom. The van der Waals surface area contributed by atoms with Crippen molar-refractivity contribution in [3.63, 3.8) is 0 Å². The highest BCUT2D eigenvalue weighted by atomic mass is 19.3. The summed E-state index contributed by atoms with van der Waals surface area (Å²) >= 11 is 0. The maximum absolute atomic E-state index is 12.7. The Balaban J connectivity index is 2.67. The lowest BCUT2D eigenvalue weighted by Crippen LogP contribution is -2.29. The molecule has 0 aliphatic heterocycles. The molecule has 0 bridgehead atoms. The molecule has 1 aromatic heterocycles. The first-order chi connectivity index (χ1) is 10.4. The molecule has 0 atom stereocenters. The van der Waals surface area contributed by atoms with Crippen molar-refractivity contribution in [1.82, 2.24) is 15.1 Å². The zero-order chi connectivity index (χ0) is 16.7. The van der Waals surface area contributed by atoms with Crippen LogP contribution in [0.1, 0.15) is 31.2 Å². The van der Waals surface area contributed by atoms with Crippen LogP contribution in [0.25, 0.3) is 0 Å². The van der Waals surface area contributed by atoms with Crippen LogP contribution in [0.3, 0.4) is 0 Å². The second-order valence-electron chi connectivity index (χ2n) is 4.44. The van der Waals surface area contributed by atoms with E-state index in [9.17, 15) is 23.7 Å². The molecule has 1 aromatic rings. The Morgan fingerprint density at radius 2 is 2.23 bits per heavy atom. The second-order valence-corrected chi connectivity index (χ2v) is 4.44. The van der Waals surface area contributed by atoms with Crippen molar-refractivity contribution in [2.75, 3.05) is 19.8 Å². The third-order valence-electron chi connectivity index (χ3n) is 2.88. The van der Waals surface area contributed by atoms with Gasteiger partial charge < -0.3 is 10.1 Å². The van der Waals surface area contributed by atoms with Gasteiger partial charge in [0.2, 0.25) is 11.6 Å². The van der Waals surface area contributed by atoms with Crippen LogP contribution in [0, 0.1) is 17.0 Å². The Bertz CT molecular complexity index is 533. The number of hydrogen-bond donors (Lipinski definition) is 1. The van der Waals surface area contributed by atoms with Crippen molar-refractivity contribution in [2.24, 2.45) is 0 Å². The van der Waals surface area contributed by atoms with Crippen LogP contribution in [0.2, 0.25) is 0 Å². The third-order valence-corrected chi connectivity index (χ3v) is 2.88. The number of hydrogen-bond acceptors (Lipinski definition) is 5. The maximum atomic E-state index is 12.7. The molecule has 10 heteroatoms. The molecule has 0 aliphatic carbocycles. The molecule has 8 nitrogen and oxygen atoms in total. The first-order valence-corrected chi connectivity index (χ1v) is 6.72. The van der Waals surface area contributed by atoms with E-state index in [2.05, 4.69) is 10.4 Å². The number of carbonyl (C=O) groups is 1. The number of ether oxygens (including phenoxy) is 1. The van der Waals surface area contributed by atoms with Crippen molar-refractivity contribution < 1.29 is 23.2 Å². The number of halogens is 2. The zero-order valence-corrected chi connectivity index (χ0v) is 12.3. The largest absolute Gasteiger partial charge is 0.382 e. The SMILES string of the molecule is CCOCCCNC(=O)Cn1nc(C(F)F)c([N+](=O)[O-])c1C. The van der Waals surface area contributed by atoms with Crippen LogP contribution in [-0.4, -0.2) is 40.4 Å². The first kappa shape index (κ1) is 18.0. The first-order valence-electron chi connectivity index (χ1n) is 6.72. The number of nitrogens with one attached hydrogen (secondary N) is 1. The van der Waals surface area contributed by atoms with Crippen LogP contribution in [0.15, 0.2) is 0 Å². The summed E-state index contributed by atoms with van der Waals surface area (Å²) in [6.45, 7) is 4.22. The summed E-state index contributed by atoms with van der Waals surface area (Å²) in [7, 11) is 0. The summed E-state index contributed by atoms with van der Waals surface area (Å²) in [6, 6.07) is 0. The van der Waals surface area contributed by atoms with E-state index < -0.39 is 28.6 Å². The molecule has 0 unspecified atom stereocenters. The molecule has 0 spiro atoms. The number of rotatable bonds is 9. The zero-order valence-electron chi connectivity index (χ0n) is 12.3. The topological polar surface area (TPSA) is 99.3 Å². The van der Waals surface area contributed by atoms with Crippen molar-refractivity contribution in [2.45, 2.75) is 33.2 Å². The fourth-order valence-electron chi connectivity index (χ4n) is 1.82. The van der Waals surface area contributed by atoms with Gasteiger partial charge in [0.1, 0.15) is 12.2 Å². The normalized spacial score (nSPS) is 11.0. The van der Waals surface area contributed by atoms with Crippen LogP contribution >= 0.6 is 0 Å². The van der Waals surface area contributed by atoms with Gasteiger partial charge in [0.05, 0.1) is 4.92 Å². The minimum absolute atomic E-state index is 0.0789. The molecule has 0 saturated carbocycles. The minimum Gasteiger partial charge on any atom is -0.382 e. The summed E-state index contributed by atoms with van der Waals surface area (Å²) in [5.41, 5.74) is -1.75. The number of carbonyl (C=O) groups excluding carboxylic acids is 1. The number of nitrogens with zero attached hydrogens (tertiary/aromatic N) is 3. The second kappa shape index (κ2) is 8.37. The van der Waals surface area contributed by atoms with Gasteiger partial charge in [0.25, 0.3) is 6.43 Å². The molecule has 0 aromatic carbocycles. The molecule has 1 amide bonds. The minimum atomic E-state index is -3.07. The predicted molar refractivity (Wildman–Crippen MR) is 72.7 cm³/mol. The molecule has 1 N–H and O–H groups in total. The van der Waals surface area contributed by atoms with E-state index in [1.807, 2.05) is 6.92 Å². The summed E-state index contributed by atoms with van der Waals surface area (Å²) in [4.78, 5) is 21.6. The van der Waals surface area contributed by atoms with Crippen LogP contribution in [0.5, 0.6) is 0 Å². The van der Waals surface area contributed by atoms with Crippen molar-refractivity contribution >= 4 is 11.6 Å². The Kier molecular flexibility index (Phi) is 6.83. The number of amides is 1. The van der Waals surface area contributed by atoms with Gasteiger partial charge in [-0.05, 0) is 20.3 Å². The summed E-state index contributed by atoms with van der Waals surface area (Å²) in [5, 5.41) is 16.9. The van der Waals surface area contributed by atoms with Gasteiger partial charge in [-0.2, -0.15) is 5.10 Å². The van der Waals surface area contributed by atoms with Crippen molar-refractivity contribution in [3.8, 4) is 0 Å². The standard InChI is InChI=1S/C12H18F2N4O4/c1-3-22-6-4-5-15-9(19)7-17-8(2)11(18(20)21)10(16-17)12(13)14/h12H,3-7H2,1-2H3,(H,15,19). The molecule has 0 saturated heterocycles. The van der Waals surface area contributed by atoms with E-state index in [1.54, 1.807) is 0 Å². The monoisotopic (exact) mass is 320 g/mol. The highest BCUT2D eigenvalue weighted by Crippen LogP contribution is 2.30. The van der Waals surface area contributed by atoms with Gasteiger partial charge >= 0.3 is 5.69 Å². The van der Waals surface area contributed by atoms with E-state index in [0.29, 0.717) is 26.2 Å². The lowest BCUT2D eigenvalue weighted by atomic mass is 10.3. The van der Waals surface area contributed by atoms with Gasteiger partial charge in [-0.1, -0.05) is 0 Å². The fourth-order valence-corrected chi connectivity index (χ4v) is 1.82. The Hall–Kier alpha value is -2.10. The molecule has 0 aliphatic rings. The van der Waals surface area contributed by atoms with Gasteiger partial charge in [-0.3, -0.25) is 19.6 Å². The highest BCUT2D eigenvalue weighted by Gasteiger charge is 2.31. The lowest BCUT2D eigenvalue weighted by molar-refractivity contribution is -0.386. The van der Waals surface area contributed by atoms with Crippen molar-refractivity contribution in [3.05, 3.63) is 21.5 Å². The van der Waals surface area contributed by atoms with Crippen LogP contribution < -0.4 is 5.32 Å². The number of alkyl halides is 2.